The van der Waals surface area contributed by atoms with E-state index in [-0.39, 0.29) is 5.91 Å². The number of amides is 1. The molecule has 5 aromatic rings. The number of pyridine rings is 1. The maximum Gasteiger partial charge on any atom is 0.272 e. The quantitative estimate of drug-likeness (QED) is 0.103. The summed E-state index contributed by atoms with van der Waals surface area (Å²) in [5.41, 5.74) is 7.24. The highest BCUT2D eigenvalue weighted by Crippen LogP contribution is 2.33. The highest BCUT2D eigenvalue weighted by molar-refractivity contribution is 14.1. The summed E-state index contributed by atoms with van der Waals surface area (Å²) < 4.78 is 7.65. The first-order chi connectivity index (χ1) is 18.9. The second kappa shape index (κ2) is 12.5. The van der Waals surface area contributed by atoms with Gasteiger partial charge in [0.1, 0.15) is 12.4 Å². The van der Waals surface area contributed by atoms with Gasteiger partial charge in [0.25, 0.3) is 5.91 Å². The molecule has 1 heterocycles. The number of ether oxygens (including phenoxy) is 1. The van der Waals surface area contributed by atoms with Crippen LogP contribution in [0.4, 0.5) is 0 Å². The minimum Gasteiger partial charge on any atom is -0.487 e. The zero-order valence-electron chi connectivity index (χ0n) is 20.2. The van der Waals surface area contributed by atoms with Gasteiger partial charge in [-0.25, -0.2) is 10.4 Å². The monoisotopic (exact) mass is 729 g/mol. The molecule has 0 aliphatic rings. The van der Waals surface area contributed by atoms with Gasteiger partial charge >= 0.3 is 0 Å². The summed E-state index contributed by atoms with van der Waals surface area (Å²) in [5.74, 6) is 0.372. The molecule has 0 unspecified atom stereocenters. The second-order valence-electron chi connectivity index (χ2n) is 8.49. The Hall–Kier alpha value is -2.98. The molecule has 1 N–H and O–H groups in total. The van der Waals surface area contributed by atoms with Gasteiger partial charge in [0.15, 0.2) is 0 Å². The third-order valence-electron chi connectivity index (χ3n) is 5.80. The van der Waals surface area contributed by atoms with Crippen molar-refractivity contribution >= 4 is 84.7 Å². The number of hydrazone groups is 1. The van der Waals surface area contributed by atoms with Crippen LogP contribution in [0.5, 0.6) is 5.75 Å². The minimum atomic E-state index is -0.322. The largest absolute Gasteiger partial charge is 0.487 e. The van der Waals surface area contributed by atoms with E-state index in [1.807, 2.05) is 72.8 Å². The Kier molecular flexibility index (Phi) is 8.82. The molecule has 0 radical (unpaired) electrons. The summed E-state index contributed by atoms with van der Waals surface area (Å²) in [4.78, 5) is 17.9. The molecule has 5 nitrogen and oxygen atoms in total. The number of carbonyl (C=O) groups excluding carboxylic acids is 1. The summed E-state index contributed by atoms with van der Waals surface area (Å²) in [6.45, 7) is 0.333. The zero-order chi connectivity index (χ0) is 27.4. The number of benzene rings is 4. The number of para-hydroxylation sites is 1. The van der Waals surface area contributed by atoms with Crippen molar-refractivity contribution in [2.24, 2.45) is 5.10 Å². The first-order valence-electron chi connectivity index (χ1n) is 11.7. The molecule has 5 rings (SSSR count). The average molecular weight is 731 g/mol. The average Bonchev–Trinajstić information content (AvgIpc) is 2.94. The minimum absolute atomic E-state index is 0.322. The van der Waals surface area contributed by atoms with Crippen LogP contribution >= 0.6 is 61.7 Å². The van der Waals surface area contributed by atoms with Gasteiger partial charge in [-0.15, -0.1) is 0 Å². The Morgan fingerprint density at radius 1 is 0.974 bits per heavy atom. The van der Waals surface area contributed by atoms with Gasteiger partial charge in [0, 0.05) is 10.9 Å². The number of halogens is 4. The topological polar surface area (TPSA) is 63.6 Å². The fourth-order valence-corrected chi connectivity index (χ4v) is 6.01. The molecule has 0 bridgehead atoms. The molecule has 1 amide bonds. The van der Waals surface area contributed by atoms with E-state index in [2.05, 4.69) is 49.0 Å². The number of aromatic nitrogens is 1. The van der Waals surface area contributed by atoms with Gasteiger partial charge < -0.3 is 4.74 Å². The number of rotatable bonds is 7. The molecule has 1 aromatic heterocycles. The number of nitrogens with zero attached hydrogens (tertiary/aromatic N) is 2. The summed E-state index contributed by atoms with van der Waals surface area (Å²) >= 11 is 17.9. The predicted molar refractivity (Wildman–Crippen MR) is 170 cm³/mol. The van der Waals surface area contributed by atoms with Crippen molar-refractivity contribution in [1.29, 1.82) is 0 Å². The summed E-state index contributed by atoms with van der Waals surface area (Å²) in [7, 11) is 0. The molecule has 0 spiro atoms. The third-order valence-corrected chi connectivity index (χ3v) is 7.93. The maximum absolute atomic E-state index is 13.2. The predicted octanol–water partition coefficient (Wildman–Crippen LogP) is 8.92. The molecule has 0 saturated heterocycles. The highest BCUT2D eigenvalue weighted by atomic mass is 127. The lowest BCUT2D eigenvalue weighted by Gasteiger charge is -2.12. The van der Waals surface area contributed by atoms with Crippen molar-refractivity contribution < 1.29 is 9.53 Å². The first kappa shape index (κ1) is 27.6. The molecular formula is C30H19BrCl2IN3O2. The Morgan fingerprint density at radius 2 is 1.74 bits per heavy atom. The zero-order valence-corrected chi connectivity index (χ0v) is 25.4. The van der Waals surface area contributed by atoms with Crippen LogP contribution < -0.4 is 10.2 Å². The van der Waals surface area contributed by atoms with E-state index in [4.69, 9.17) is 32.9 Å². The smallest absolute Gasteiger partial charge is 0.272 e. The standard InChI is InChI=1S/C30H19BrCl2IN3O2/c31-23-12-19(14-26(34)29(23)39-17-18-10-11-24(32)25(33)13-18)16-35-37-30(38)22-15-28(20-6-2-1-3-7-20)36-27-9-5-4-8-21(22)27/h1-16H,17H2,(H,37,38)/b35-16+. The Labute approximate surface area is 257 Å². The number of nitrogens with one attached hydrogen (secondary N) is 1. The van der Waals surface area contributed by atoms with Crippen LogP contribution in [0.1, 0.15) is 21.5 Å². The van der Waals surface area contributed by atoms with E-state index in [0.717, 1.165) is 41.3 Å². The lowest BCUT2D eigenvalue weighted by Crippen LogP contribution is -2.18. The van der Waals surface area contributed by atoms with E-state index in [0.29, 0.717) is 28.0 Å². The lowest BCUT2D eigenvalue weighted by atomic mass is 10.0. The van der Waals surface area contributed by atoms with E-state index >= 15 is 0 Å². The molecule has 9 heteroatoms. The van der Waals surface area contributed by atoms with Gasteiger partial charge in [-0.3, -0.25) is 4.79 Å². The van der Waals surface area contributed by atoms with Crippen LogP contribution in [-0.2, 0) is 6.61 Å². The maximum atomic E-state index is 13.2. The van der Waals surface area contributed by atoms with E-state index in [1.165, 1.54) is 0 Å². The van der Waals surface area contributed by atoms with Gasteiger partial charge in [-0.05, 0) is 86.0 Å². The molecular weight excluding hydrogens is 712 g/mol. The van der Waals surface area contributed by atoms with Crippen LogP contribution in [0, 0.1) is 3.57 Å². The van der Waals surface area contributed by atoms with Gasteiger partial charge in [0.2, 0.25) is 0 Å². The van der Waals surface area contributed by atoms with Gasteiger partial charge in [-0.1, -0.05) is 77.8 Å². The van der Waals surface area contributed by atoms with E-state index in [1.54, 1.807) is 24.4 Å². The number of fused-ring (bicyclic) bond motifs is 1. The van der Waals surface area contributed by atoms with E-state index in [9.17, 15) is 4.79 Å². The van der Waals surface area contributed by atoms with Crippen molar-refractivity contribution in [2.75, 3.05) is 0 Å². The van der Waals surface area contributed by atoms with Crippen LogP contribution in [-0.4, -0.2) is 17.1 Å². The van der Waals surface area contributed by atoms with Crippen LogP contribution in [0.3, 0.4) is 0 Å². The fraction of sp³-hybridized carbons (Fsp3) is 0.0333. The Bertz CT molecular complexity index is 1690. The van der Waals surface area contributed by atoms with Gasteiger partial charge in [-0.2, -0.15) is 5.10 Å². The number of hydrogen-bond donors (Lipinski definition) is 1. The summed E-state index contributed by atoms with van der Waals surface area (Å²) in [5, 5.41) is 5.95. The second-order valence-corrected chi connectivity index (χ2v) is 11.3. The SMILES string of the molecule is O=C(N/N=C/c1cc(Br)c(OCc2ccc(Cl)c(Cl)c2)c(I)c1)c1cc(-c2ccccc2)nc2ccccc12. The van der Waals surface area contributed by atoms with Crippen LogP contribution in [0.25, 0.3) is 22.2 Å². The molecule has 0 fully saturated rings. The summed E-state index contributed by atoms with van der Waals surface area (Å²) in [6, 6.07) is 28.3. The van der Waals surface area contributed by atoms with E-state index < -0.39 is 0 Å². The molecule has 0 aliphatic heterocycles. The van der Waals surface area contributed by atoms with Gasteiger partial charge in [0.05, 0.1) is 41.1 Å². The van der Waals surface area contributed by atoms with Crippen molar-refractivity contribution in [3.8, 4) is 17.0 Å². The molecule has 194 valence electrons. The Balaban J connectivity index is 1.32. The highest BCUT2D eigenvalue weighted by Gasteiger charge is 2.14. The molecule has 4 aromatic carbocycles. The van der Waals surface area contributed by atoms with Crippen molar-refractivity contribution in [2.45, 2.75) is 6.61 Å². The molecule has 0 saturated carbocycles. The van der Waals surface area contributed by atoms with Crippen molar-refractivity contribution in [1.82, 2.24) is 10.4 Å². The number of carbonyl (C=O) groups is 1. The van der Waals surface area contributed by atoms with Crippen LogP contribution in [0.15, 0.2) is 101 Å². The van der Waals surface area contributed by atoms with Crippen molar-refractivity contribution in [3.63, 3.8) is 0 Å². The fourth-order valence-electron chi connectivity index (χ4n) is 3.92. The van der Waals surface area contributed by atoms with Crippen molar-refractivity contribution in [3.05, 3.63) is 126 Å². The molecule has 39 heavy (non-hydrogen) atoms. The molecule has 0 atom stereocenters. The first-order valence-corrected chi connectivity index (χ1v) is 14.4. The normalized spacial score (nSPS) is 11.2. The summed E-state index contributed by atoms with van der Waals surface area (Å²) in [6.07, 6.45) is 1.59. The molecule has 0 aliphatic carbocycles. The van der Waals surface area contributed by atoms with Crippen LogP contribution in [0.2, 0.25) is 10.0 Å². The third kappa shape index (κ3) is 6.61. The Morgan fingerprint density at radius 3 is 2.51 bits per heavy atom. The lowest BCUT2D eigenvalue weighted by molar-refractivity contribution is 0.0956. The number of hydrogen-bond acceptors (Lipinski definition) is 4.